The maximum absolute atomic E-state index is 11.5. The molecular formula is C14H19N3O4. The molecule has 0 aromatic heterocycles. The molecule has 1 rings (SSSR count). The van der Waals surface area contributed by atoms with Gasteiger partial charge in [-0.15, -0.1) is 0 Å². The van der Waals surface area contributed by atoms with Gasteiger partial charge in [-0.3, -0.25) is 14.9 Å². The second kappa shape index (κ2) is 7.88. The molecular weight excluding hydrogens is 274 g/mol. The second-order valence-electron chi connectivity index (χ2n) is 4.51. The first-order valence-electron chi connectivity index (χ1n) is 6.55. The van der Waals surface area contributed by atoms with Gasteiger partial charge in [-0.05, 0) is 37.6 Å². The molecule has 0 bridgehead atoms. The van der Waals surface area contributed by atoms with Crippen molar-refractivity contribution in [3.05, 3.63) is 29.8 Å². The van der Waals surface area contributed by atoms with Crippen molar-refractivity contribution < 1.29 is 19.1 Å². The molecule has 0 aliphatic heterocycles. The van der Waals surface area contributed by atoms with Crippen molar-refractivity contribution in [1.82, 2.24) is 10.6 Å². The number of ether oxygens (including phenoxy) is 1. The van der Waals surface area contributed by atoms with Crippen LogP contribution in [0.2, 0.25) is 0 Å². The largest absolute Gasteiger partial charge is 0.484 e. The van der Waals surface area contributed by atoms with Crippen molar-refractivity contribution >= 4 is 17.8 Å². The monoisotopic (exact) mass is 293 g/mol. The van der Waals surface area contributed by atoms with Crippen molar-refractivity contribution in [2.75, 3.05) is 6.61 Å². The smallest absolute Gasteiger partial charge is 0.321 e. The Balaban J connectivity index is 2.39. The molecule has 0 aliphatic rings. The van der Waals surface area contributed by atoms with E-state index in [1.165, 1.54) is 24.3 Å². The minimum absolute atomic E-state index is 0.0138. The van der Waals surface area contributed by atoms with E-state index in [2.05, 4.69) is 10.6 Å². The molecule has 0 fully saturated rings. The lowest BCUT2D eigenvalue weighted by molar-refractivity contribution is -0.122. The summed E-state index contributed by atoms with van der Waals surface area (Å²) in [5, 5.41) is 4.76. The van der Waals surface area contributed by atoms with E-state index in [9.17, 15) is 14.4 Å². The summed E-state index contributed by atoms with van der Waals surface area (Å²) in [7, 11) is 0. The number of primary amides is 1. The van der Waals surface area contributed by atoms with Crippen LogP contribution in [0.25, 0.3) is 0 Å². The summed E-state index contributed by atoms with van der Waals surface area (Å²) in [6.07, 6.45) is 0.768. The van der Waals surface area contributed by atoms with Crippen LogP contribution in [-0.4, -0.2) is 30.5 Å². The van der Waals surface area contributed by atoms with Crippen molar-refractivity contribution in [3.63, 3.8) is 0 Å². The first kappa shape index (κ1) is 16.5. The summed E-state index contributed by atoms with van der Waals surface area (Å²) in [4.78, 5) is 33.8. The number of nitrogens with one attached hydrogen (secondary N) is 2. The molecule has 4 N–H and O–H groups in total. The second-order valence-corrected chi connectivity index (χ2v) is 4.51. The number of urea groups is 1. The summed E-state index contributed by atoms with van der Waals surface area (Å²) in [6.45, 7) is 3.45. The lowest BCUT2D eigenvalue weighted by atomic mass is 10.2. The van der Waals surface area contributed by atoms with Crippen LogP contribution in [0.4, 0.5) is 4.79 Å². The van der Waals surface area contributed by atoms with Crippen LogP contribution in [0.3, 0.4) is 0 Å². The molecule has 114 valence electrons. The van der Waals surface area contributed by atoms with Gasteiger partial charge in [-0.25, -0.2) is 4.79 Å². The van der Waals surface area contributed by atoms with E-state index in [0.717, 1.165) is 6.42 Å². The van der Waals surface area contributed by atoms with Crippen LogP contribution in [0.15, 0.2) is 24.3 Å². The minimum atomic E-state index is -0.560. The van der Waals surface area contributed by atoms with E-state index >= 15 is 0 Å². The maximum atomic E-state index is 11.5. The Morgan fingerprint density at radius 3 is 2.38 bits per heavy atom. The van der Waals surface area contributed by atoms with E-state index in [1.54, 1.807) is 0 Å². The highest BCUT2D eigenvalue weighted by molar-refractivity contribution is 5.95. The predicted octanol–water partition coefficient (Wildman–Crippen LogP) is 0.789. The zero-order valence-electron chi connectivity index (χ0n) is 12.0. The van der Waals surface area contributed by atoms with E-state index in [-0.39, 0.29) is 12.6 Å². The number of benzene rings is 1. The standard InChI is InChI=1S/C14H19N3O4/c1-3-9(2)16-14(20)17-12(18)8-21-11-6-4-10(5-7-11)13(15)19/h4-7,9H,3,8H2,1-2H3,(H2,15,19)(H2,16,17,18,20)/t9-/m1/s1. The highest BCUT2D eigenvalue weighted by atomic mass is 16.5. The summed E-state index contributed by atoms with van der Waals surface area (Å²) in [6, 6.07) is 5.46. The summed E-state index contributed by atoms with van der Waals surface area (Å²) < 4.78 is 5.19. The Hall–Kier alpha value is -2.57. The van der Waals surface area contributed by atoms with Crippen molar-refractivity contribution in [2.24, 2.45) is 5.73 Å². The van der Waals surface area contributed by atoms with Gasteiger partial charge in [0, 0.05) is 11.6 Å². The van der Waals surface area contributed by atoms with E-state index in [1.807, 2.05) is 13.8 Å². The molecule has 4 amide bonds. The first-order valence-corrected chi connectivity index (χ1v) is 6.55. The lowest BCUT2D eigenvalue weighted by Crippen LogP contribution is -2.44. The third kappa shape index (κ3) is 5.94. The van der Waals surface area contributed by atoms with Gasteiger partial charge in [0.2, 0.25) is 5.91 Å². The van der Waals surface area contributed by atoms with Gasteiger partial charge in [0.15, 0.2) is 6.61 Å². The van der Waals surface area contributed by atoms with Crippen molar-refractivity contribution in [1.29, 1.82) is 0 Å². The quantitative estimate of drug-likeness (QED) is 0.720. The highest BCUT2D eigenvalue weighted by Gasteiger charge is 2.10. The average Bonchev–Trinajstić information content (AvgIpc) is 2.45. The summed E-state index contributed by atoms with van der Waals surface area (Å²) in [5.74, 6) is -0.701. The fourth-order valence-electron chi connectivity index (χ4n) is 1.39. The maximum Gasteiger partial charge on any atom is 0.321 e. The number of amides is 4. The van der Waals surface area contributed by atoms with E-state index in [4.69, 9.17) is 10.5 Å². The van der Waals surface area contributed by atoms with Gasteiger partial charge in [0.1, 0.15) is 5.75 Å². The third-order valence-electron chi connectivity index (χ3n) is 2.75. The number of nitrogens with two attached hydrogens (primary N) is 1. The lowest BCUT2D eigenvalue weighted by Gasteiger charge is -2.12. The molecule has 0 unspecified atom stereocenters. The number of carbonyl (C=O) groups is 3. The van der Waals surface area contributed by atoms with Crippen LogP contribution in [0.1, 0.15) is 30.6 Å². The zero-order chi connectivity index (χ0) is 15.8. The first-order chi connectivity index (χ1) is 9.92. The minimum Gasteiger partial charge on any atom is -0.484 e. The number of hydrogen-bond donors (Lipinski definition) is 3. The Morgan fingerprint density at radius 2 is 1.86 bits per heavy atom. The number of imide groups is 1. The Kier molecular flexibility index (Phi) is 6.19. The Bertz CT molecular complexity index is 513. The normalized spacial score (nSPS) is 11.3. The zero-order valence-corrected chi connectivity index (χ0v) is 12.0. The molecule has 1 atom stereocenters. The topological polar surface area (TPSA) is 111 Å². The third-order valence-corrected chi connectivity index (χ3v) is 2.75. The molecule has 0 radical (unpaired) electrons. The van der Waals surface area contributed by atoms with Gasteiger partial charge in [-0.1, -0.05) is 6.92 Å². The fourth-order valence-corrected chi connectivity index (χ4v) is 1.39. The van der Waals surface area contributed by atoms with Crippen LogP contribution in [0, 0.1) is 0 Å². The van der Waals surface area contributed by atoms with Gasteiger partial charge >= 0.3 is 6.03 Å². The molecule has 7 heteroatoms. The number of carbonyl (C=O) groups excluding carboxylic acids is 3. The summed E-state index contributed by atoms with van der Waals surface area (Å²) in [5.41, 5.74) is 5.45. The van der Waals surface area contributed by atoms with E-state index < -0.39 is 17.8 Å². The Labute approximate surface area is 122 Å². The van der Waals surface area contributed by atoms with Crippen LogP contribution >= 0.6 is 0 Å². The molecule has 0 aliphatic carbocycles. The molecule has 0 saturated heterocycles. The van der Waals surface area contributed by atoms with Crippen LogP contribution < -0.4 is 21.1 Å². The Morgan fingerprint density at radius 1 is 1.24 bits per heavy atom. The molecule has 1 aromatic rings. The summed E-state index contributed by atoms with van der Waals surface area (Å²) >= 11 is 0. The molecule has 0 spiro atoms. The van der Waals surface area contributed by atoms with Gasteiger partial charge in [0.05, 0.1) is 0 Å². The molecule has 0 heterocycles. The highest BCUT2D eigenvalue weighted by Crippen LogP contribution is 2.11. The van der Waals surface area contributed by atoms with Crippen LogP contribution in [-0.2, 0) is 4.79 Å². The van der Waals surface area contributed by atoms with Crippen molar-refractivity contribution in [2.45, 2.75) is 26.3 Å². The number of hydrogen-bond acceptors (Lipinski definition) is 4. The van der Waals surface area contributed by atoms with Gasteiger partial charge in [0.25, 0.3) is 5.91 Å². The molecule has 1 aromatic carbocycles. The average molecular weight is 293 g/mol. The fraction of sp³-hybridized carbons (Fsp3) is 0.357. The van der Waals surface area contributed by atoms with Gasteiger partial charge < -0.3 is 15.8 Å². The van der Waals surface area contributed by atoms with E-state index in [0.29, 0.717) is 11.3 Å². The van der Waals surface area contributed by atoms with Crippen molar-refractivity contribution in [3.8, 4) is 5.75 Å². The van der Waals surface area contributed by atoms with Gasteiger partial charge in [-0.2, -0.15) is 0 Å². The molecule has 7 nitrogen and oxygen atoms in total. The molecule has 21 heavy (non-hydrogen) atoms. The predicted molar refractivity (Wildman–Crippen MR) is 76.9 cm³/mol. The number of rotatable bonds is 6. The molecule has 0 saturated carbocycles. The van der Waals surface area contributed by atoms with Crippen LogP contribution in [0.5, 0.6) is 5.75 Å². The SMILES string of the molecule is CC[C@@H](C)NC(=O)NC(=O)COc1ccc(C(N)=O)cc1.